The first-order chi connectivity index (χ1) is 8.44. The highest BCUT2D eigenvalue weighted by Gasteiger charge is 2.36. The van der Waals surface area contributed by atoms with Gasteiger partial charge in [0.2, 0.25) is 5.91 Å². The molecule has 2 atom stereocenters. The molecule has 104 valence electrons. The van der Waals surface area contributed by atoms with Crippen molar-refractivity contribution in [1.82, 2.24) is 5.32 Å². The van der Waals surface area contributed by atoms with Crippen LogP contribution in [0.3, 0.4) is 0 Å². The Morgan fingerprint density at radius 1 is 1.44 bits per heavy atom. The Hall–Kier alpha value is -0.710. The van der Waals surface area contributed by atoms with E-state index >= 15 is 0 Å². The molecule has 1 amide bonds. The van der Waals surface area contributed by atoms with E-state index in [0.717, 1.165) is 25.0 Å². The van der Waals surface area contributed by atoms with Gasteiger partial charge < -0.3 is 10.4 Å². The molecule has 1 heterocycles. The van der Waals surface area contributed by atoms with Gasteiger partial charge in [0.15, 0.2) is 0 Å². The summed E-state index contributed by atoms with van der Waals surface area (Å²) in [6.07, 6.45) is 3.81. The Bertz CT molecular complexity index is 301. The van der Waals surface area contributed by atoms with Crippen LogP contribution in [0.5, 0.6) is 0 Å². The molecule has 0 aromatic carbocycles. The molecule has 0 saturated carbocycles. The van der Waals surface area contributed by atoms with Gasteiger partial charge in [0, 0.05) is 13.0 Å². The van der Waals surface area contributed by atoms with E-state index in [9.17, 15) is 9.59 Å². The fourth-order valence-electron chi connectivity index (χ4n) is 2.09. The Morgan fingerprint density at radius 3 is 2.72 bits per heavy atom. The van der Waals surface area contributed by atoms with Gasteiger partial charge in [-0.15, -0.1) is 11.8 Å². The number of carbonyl (C=O) groups excluding carboxylic acids is 1. The summed E-state index contributed by atoms with van der Waals surface area (Å²) in [5.41, 5.74) is 0. The van der Waals surface area contributed by atoms with Gasteiger partial charge in [-0.2, -0.15) is 0 Å². The molecule has 0 bridgehead atoms. The molecule has 1 fully saturated rings. The van der Waals surface area contributed by atoms with Gasteiger partial charge in [0.05, 0.1) is 4.75 Å². The molecule has 2 N–H and O–H groups in total. The molecule has 0 spiro atoms. The van der Waals surface area contributed by atoms with Gasteiger partial charge in [-0.05, 0) is 44.3 Å². The average Bonchev–Trinajstić information content (AvgIpc) is 2.74. The lowest BCUT2D eigenvalue weighted by atomic mass is 10.0. The standard InChI is InChI=1S/C13H23NO3S/c1-10(4-5-11(15)16)6-8-14-12(17)13(2)7-3-9-18-13/h10H,3-9H2,1-2H3,(H,14,17)(H,15,16). The van der Waals surface area contributed by atoms with E-state index < -0.39 is 5.97 Å². The van der Waals surface area contributed by atoms with E-state index in [2.05, 4.69) is 5.32 Å². The zero-order valence-corrected chi connectivity index (χ0v) is 12.0. The predicted octanol–water partition coefficient (Wildman–Crippen LogP) is 2.28. The highest BCUT2D eigenvalue weighted by Crippen LogP contribution is 2.37. The second kappa shape index (κ2) is 7.02. The van der Waals surface area contributed by atoms with Crippen LogP contribution in [0, 0.1) is 5.92 Å². The van der Waals surface area contributed by atoms with Crippen molar-refractivity contribution in [2.24, 2.45) is 5.92 Å². The Labute approximate surface area is 113 Å². The molecule has 5 heteroatoms. The van der Waals surface area contributed by atoms with Crippen molar-refractivity contribution in [3.8, 4) is 0 Å². The summed E-state index contributed by atoms with van der Waals surface area (Å²) in [4.78, 5) is 22.4. The van der Waals surface area contributed by atoms with Crippen LogP contribution < -0.4 is 5.32 Å². The molecule has 0 aromatic rings. The summed E-state index contributed by atoms with van der Waals surface area (Å²) < 4.78 is -0.246. The number of carboxylic acids is 1. The second-order valence-electron chi connectivity index (χ2n) is 5.27. The first kappa shape index (κ1) is 15.3. The van der Waals surface area contributed by atoms with Crippen LogP contribution in [0.2, 0.25) is 0 Å². The zero-order chi connectivity index (χ0) is 13.6. The monoisotopic (exact) mass is 273 g/mol. The highest BCUT2D eigenvalue weighted by molar-refractivity contribution is 8.01. The zero-order valence-electron chi connectivity index (χ0n) is 11.2. The molecule has 1 saturated heterocycles. The minimum atomic E-state index is -0.749. The average molecular weight is 273 g/mol. The van der Waals surface area contributed by atoms with Crippen molar-refractivity contribution in [3.63, 3.8) is 0 Å². The predicted molar refractivity (Wildman–Crippen MR) is 73.8 cm³/mol. The summed E-state index contributed by atoms with van der Waals surface area (Å²) in [6.45, 7) is 4.69. The van der Waals surface area contributed by atoms with E-state index in [4.69, 9.17) is 5.11 Å². The Balaban J connectivity index is 2.17. The molecule has 4 nitrogen and oxygen atoms in total. The smallest absolute Gasteiger partial charge is 0.303 e. The number of aliphatic carboxylic acids is 1. The van der Waals surface area contributed by atoms with Crippen molar-refractivity contribution >= 4 is 23.6 Å². The van der Waals surface area contributed by atoms with Crippen LogP contribution in [-0.4, -0.2) is 34.0 Å². The molecule has 18 heavy (non-hydrogen) atoms. The molecule has 0 aromatic heterocycles. The number of carbonyl (C=O) groups is 2. The van der Waals surface area contributed by atoms with Gasteiger partial charge in [0.25, 0.3) is 0 Å². The molecule has 2 unspecified atom stereocenters. The fourth-order valence-corrected chi connectivity index (χ4v) is 3.32. The summed E-state index contributed by atoms with van der Waals surface area (Å²) in [5.74, 6) is 0.792. The van der Waals surface area contributed by atoms with Gasteiger partial charge in [0.1, 0.15) is 0 Å². The minimum absolute atomic E-state index is 0.135. The van der Waals surface area contributed by atoms with Crippen LogP contribution in [-0.2, 0) is 9.59 Å². The number of amides is 1. The first-order valence-corrected chi connectivity index (χ1v) is 7.56. The van der Waals surface area contributed by atoms with Crippen LogP contribution >= 0.6 is 11.8 Å². The lowest BCUT2D eigenvalue weighted by Gasteiger charge is -2.22. The van der Waals surface area contributed by atoms with Crippen molar-refractivity contribution < 1.29 is 14.7 Å². The quantitative estimate of drug-likeness (QED) is 0.747. The lowest BCUT2D eigenvalue weighted by molar-refractivity contribution is -0.137. The van der Waals surface area contributed by atoms with Crippen LogP contribution in [0.25, 0.3) is 0 Å². The topological polar surface area (TPSA) is 66.4 Å². The summed E-state index contributed by atoms with van der Waals surface area (Å²) >= 11 is 1.74. The summed E-state index contributed by atoms with van der Waals surface area (Å²) in [7, 11) is 0. The SMILES string of the molecule is CC(CCNC(=O)C1(C)CCCS1)CCC(=O)O. The third-order valence-corrected chi connectivity index (χ3v) is 4.99. The second-order valence-corrected chi connectivity index (χ2v) is 6.86. The third kappa shape index (κ3) is 4.88. The highest BCUT2D eigenvalue weighted by atomic mass is 32.2. The molecule has 1 aliphatic rings. The lowest BCUT2D eigenvalue weighted by Crippen LogP contribution is -2.41. The molecular formula is C13H23NO3S. The van der Waals surface area contributed by atoms with E-state index in [1.54, 1.807) is 11.8 Å². The number of rotatable bonds is 7. The van der Waals surface area contributed by atoms with E-state index in [0.29, 0.717) is 18.9 Å². The normalized spacial score (nSPS) is 24.8. The number of hydrogen-bond donors (Lipinski definition) is 2. The van der Waals surface area contributed by atoms with Crippen molar-refractivity contribution in [2.75, 3.05) is 12.3 Å². The van der Waals surface area contributed by atoms with E-state index in [1.165, 1.54) is 0 Å². The van der Waals surface area contributed by atoms with Gasteiger partial charge in [-0.3, -0.25) is 9.59 Å². The maximum Gasteiger partial charge on any atom is 0.303 e. The van der Waals surface area contributed by atoms with E-state index in [-0.39, 0.29) is 17.1 Å². The van der Waals surface area contributed by atoms with Crippen molar-refractivity contribution in [1.29, 1.82) is 0 Å². The number of nitrogens with one attached hydrogen (secondary N) is 1. The number of thioether (sulfide) groups is 1. The summed E-state index contributed by atoms with van der Waals surface area (Å²) in [6, 6.07) is 0. The molecule has 1 rings (SSSR count). The first-order valence-electron chi connectivity index (χ1n) is 6.58. The molecule has 1 aliphatic heterocycles. The van der Waals surface area contributed by atoms with Gasteiger partial charge in [-0.1, -0.05) is 6.92 Å². The number of hydrogen-bond acceptors (Lipinski definition) is 3. The van der Waals surface area contributed by atoms with Crippen LogP contribution in [0.15, 0.2) is 0 Å². The molecule has 0 aliphatic carbocycles. The van der Waals surface area contributed by atoms with Crippen molar-refractivity contribution in [2.45, 2.75) is 50.7 Å². The van der Waals surface area contributed by atoms with Crippen LogP contribution in [0.4, 0.5) is 0 Å². The maximum absolute atomic E-state index is 12.0. The number of carboxylic acid groups (broad SMARTS) is 1. The summed E-state index contributed by atoms with van der Waals surface area (Å²) in [5, 5.41) is 11.6. The molecular weight excluding hydrogens is 250 g/mol. The van der Waals surface area contributed by atoms with E-state index in [1.807, 2.05) is 13.8 Å². The minimum Gasteiger partial charge on any atom is -0.481 e. The Morgan fingerprint density at radius 2 is 2.17 bits per heavy atom. The van der Waals surface area contributed by atoms with Crippen molar-refractivity contribution in [3.05, 3.63) is 0 Å². The fraction of sp³-hybridized carbons (Fsp3) is 0.846. The van der Waals surface area contributed by atoms with Gasteiger partial charge >= 0.3 is 5.97 Å². The molecule has 0 radical (unpaired) electrons. The maximum atomic E-state index is 12.0. The van der Waals surface area contributed by atoms with Gasteiger partial charge in [-0.25, -0.2) is 0 Å². The third-order valence-electron chi connectivity index (χ3n) is 3.47. The van der Waals surface area contributed by atoms with Crippen LogP contribution in [0.1, 0.15) is 46.0 Å². The Kier molecular flexibility index (Phi) is 5.99. The largest absolute Gasteiger partial charge is 0.481 e.